The summed E-state index contributed by atoms with van der Waals surface area (Å²) in [5.41, 5.74) is 1.66. The molecule has 1 aliphatic rings. The summed E-state index contributed by atoms with van der Waals surface area (Å²) in [6.07, 6.45) is 4.64. The van der Waals surface area contributed by atoms with Gasteiger partial charge in [-0.1, -0.05) is 6.07 Å². The molecule has 1 saturated heterocycles. The quantitative estimate of drug-likeness (QED) is 0.701. The Kier molecular flexibility index (Phi) is 5.88. The smallest absolute Gasteiger partial charge is 0.289 e. The molecule has 0 unspecified atom stereocenters. The molecule has 30 heavy (non-hydrogen) atoms. The fourth-order valence-electron chi connectivity index (χ4n) is 3.56. The summed E-state index contributed by atoms with van der Waals surface area (Å²) in [7, 11) is 0. The van der Waals surface area contributed by atoms with Crippen LogP contribution in [0.1, 0.15) is 29.0 Å². The lowest BCUT2D eigenvalue weighted by Gasteiger charge is -2.30. The van der Waals surface area contributed by atoms with Crippen molar-refractivity contribution in [2.75, 3.05) is 13.1 Å². The van der Waals surface area contributed by atoms with Crippen molar-refractivity contribution in [3.05, 3.63) is 78.1 Å². The van der Waals surface area contributed by atoms with E-state index in [1.165, 1.54) is 12.1 Å². The van der Waals surface area contributed by atoms with E-state index in [4.69, 9.17) is 4.42 Å². The number of aromatic nitrogens is 1. The monoisotopic (exact) mass is 407 g/mol. The summed E-state index contributed by atoms with van der Waals surface area (Å²) in [5.74, 6) is 0.128. The van der Waals surface area contributed by atoms with Crippen LogP contribution in [0.5, 0.6) is 0 Å². The largest absolute Gasteiger partial charge is 0.451 e. The number of piperidine rings is 1. The van der Waals surface area contributed by atoms with Gasteiger partial charge in [0, 0.05) is 43.5 Å². The minimum atomic E-state index is -0.325. The number of hydrogen-bond acceptors (Lipinski definition) is 4. The molecule has 3 heterocycles. The van der Waals surface area contributed by atoms with Crippen LogP contribution in [0.25, 0.3) is 11.3 Å². The van der Waals surface area contributed by atoms with Gasteiger partial charge in [0.05, 0.1) is 0 Å². The molecule has 1 aromatic carbocycles. The molecule has 0 bridgehead atoms. The standard InChI is InChI=1S/C23H22FN3O3/c24-19-5-3-17(4-6-19)20-7-8-21(30-20)23(29)27-12-9-18(10-13-27)22(28)26-15-16-2-1-11-25-14-16/h1-8,11,14,18H,9-10,12-13,15H2,(H,26,28). The number of pyridine rings is 1. The highest BCUT2D eigenvalue weighted by molar-refractivity contribution is 5.92. The Morgan fingerprint density at radius 2 is 1.87 bits per heavy atom. The van der Waals surface area contributed by atoms with E-state index in [1.807, 2.05) is 12.1 Å². The van der Waals surface area contributed by atoms with Crippen LogP contribution < -0.4 is 5.32 Å². The van der Waals surface area contributed by atoms with E-state index in [1.54, 1.807) is 41.6 Å². The molecule has 1 fully saturated rings. The van der Waals surface area contributed by atoms with Crippen LogP contribution in [0.4, 0.5) is 4.39 Å². The van der Waals surface area contributed by atoms with Crippen molar-refractivity contribution >= 4 is 11.8 Å². The van der Waals surface area contributed by atoms with Gasteiger partial charge in [-0.05, 0) is 60.9 Å². The van der Waals surface area contributed by atoms with Gasteiger partial charge in [0.2, 0.25) is 5.91 Å². The maximum absolute atomic E-state index is 13.1. The van der Waals surface area contributed by atoms with Gasteiger partial charge in [-0.2, -0.15) is 0 Å². The maximum atomic E-state index is 13.1. The zero-order valence-corrected chi connectivity index (χ0v) is 16.4. The molecule has 0 spiro atoms. The molecule has 4 rings (SSSR count). The number of furan rings is 1. The second kappa shape index (κ2) is 8.90. The van der Waals surface area contributed by atoms with Crippen molar-refractivity contribution in [1.29, 1.82) is 0 Å². The van der Waals surface area contributed by atoms with Crippen LogP contribution in [0, 0.1) is 11.7 Å². The average molecular weight is 407 g/mol. The van der Waals surface area contributed by atoms with Crippen molar-refractivity contribution in [2.24, 2.45) is 5.92 Å². The molecule has 0 saturated carbocycles. The zero-order valence-electron chi connectivity index (χ0n) is 16.4. The SMILES string of the molecule is O=C(NCc1cccnc1)C1CCN(C(=O)c2ccc(-c3ccc(F)cc3)o2)CC1. The molecule has 0 radical (unpaired) electrons. The molecule has 3 aromatic rings. The number of carbonyl (C=O) groups is 2. The third-order valence-corrected chi connectivity index (χ3v) is 5.29. The molecule has 2 amide bonds. The van der Waals surface area contributed by atoms with E-state index in [9.17, 15) is 14.0 Å². The van der Waals surface area contributed by atoms with Crippen LogP contribution in [0.2, 0.25) is 0 Å². The topological polar surface area (TPSA) is 75.4 Å². The number of rotatable bonds is 5. The third-order valence-electron chi connectivity index (χ3n) is 5.29. The predicted octanol–water partition coefficient (Wildman–Crippen LogP) is 3.65. The maximum Gasteiger partial charge on any atom is 0.289 e. The highest BCUT2D eigenvalue weighted by atomic mass is 19.1. The van der Waals surface area contributed by atoms with Gasteiger partial charge in [-0.15, -0.1) is 0 Å². The molecule has 1 aliphatic heterocycles. The Hall–Kier alpha value is -3.48. The van der Waals surface area contributed by atoms with Crippen molar-refractivity contribution in [3.63, 3.8) is 0 Å². The Labute approximate surface area is 173 Å². The van der Waals surface area contributed by atoms with Crippen LogP contribution >= 0.6 is 0 Å². The van der Waals surface area contributed by atoms with Gasteiger partial charge in [-0.25, -0.2) is 4.39 Å². The lowest BCUT2D eigenvalue weighted by atomic mass is 9.95. The number of carbonyl (C=O) groups excluding carboxylic acids is 2. The number of benzene rings is 1. The molecule has 2 aromatic heterocycles. The van der Waals surface area contributed by atoms with E-state index >= 15 is 0 Å². The summed E-state index contributed by atoms with van der Waals surface area (Å²) in [6, 6.07) is 13.0. The lowest BCUT2D eigenvalue weighted by Crippen LogP contribution is -2.42. The summed E-state index contributed by atoms with van der Waals surface area (Å²) in [4.78, 5) is 30.9. The average Bonchev–Trinajstić information content (AvgIpc) is 3.28. The molecule has 0 aliphatic carbocycles. The van der Waals surface area contributed by atoms with E-state index < -0.39 is 0 Å². The number of hydrogen-bond donors (Lipinski definition) is 1. The first kappa shape index (κ1) is 19.8. The first-order valence-electron chi connectivity index (χ1n) is 9.92. The van der Waals surface area contributed by atoms with Gasteiger partial charge >= 0.3 is 0 Å². The van der Waals surface area contributed by atoms with Gasteiger partial charge in [0.25, 0.3) is 5.91 Å². The number of nitrogens with zero attached hydrogens (tertiary/aromatic N) is 2. The van der Waals surface area contributed by atoms with Crippen molar-refractivity contribution < 1.29 is 18.4 Å². The number of amides is 2. The highest BCUT2D eigenvalue weighted by Gasteiger charge is 2.29. The third kappa shape index (κ3) is 4.56. The molecular formula is C23H22FN3O3. The van der Waals surface area contributed by atoms with Gasteiger partial charge < -0.3 is 14.6 Å². The number of halogens is 1. The number of nitrogens with one attached hydrogen (secondary N) is 1. The number of likely N-dealkylation sites (tertiary alicyclic amines) is 1. The van der Waals surface area contributed by atoms with Gasteiger partial charge in [-0.3, -0.25) is 14.6 Å². The normalized spacial score (nSPS) is 14.5. The van der Waals surface area contributed by atoms with Crippen molar-refractivity contribution in [1.82, 2.24) is 15.2 Å². The summed E-state index contributed by atoms with van der Waals surface area (Å²) < 4.78 is 18.8. The van der Waals surface area contributed by atoms with Gasteiger partial charge in [0.1, 0.15) is 11.6 Å². The predicted molar refractivity (Wildman–Crippen MR) is 109 cm³/mol. The van der Waals surface area contributed by atoms with Crippen molar-refractivity contribution in [2.45, 2.75) is 19.4 Å². The molecule has 1 N–H and O–H groups in total. The molecule has 154 valence electrons. The van der Waals surface area contributed by atoms with Crippen LogP contribution in [-0.4, -0.2) is 34.8 Å². The molecular weight excluding hydrogens is 385 g/mol. The molecule has 6 nitrogen and oxygen atoms in total. The first-order valence-corrected chi connectivity index (χ1v) is 9.92. The first-order chi connectivity index (χ1) is 14.6. The minimum Gasteiger partial charge on any atom is -0.451 e. The van der Waals surface area contributed by atoms with E-state index in [-0.39, 0.29) is 29.3 Å². The van der Waals surface area contributed by atoms with Crippen LogP contribution in [0.3, 0.4) is 0 Å². The Balaban J connectivity index is 1.30. The van der Waals surface area contributed by atoms with E-state index in [0.717, 1.165) is 5.56 Å². The fourth-order valence-corrected chi connectivity index (χ4v) is 3.56. The Morgan fingerprint density at radius 3 is 2.57 bits per heavy atom. The Bertz CT molecular complexity index is 1010. The van der Waals surface area contributed by atoms with Crippen molar-refractivity contribution in [3.8, 4) is 11.3 Å². The summed E-state index contributed by atoms with van der Waals surface area (Å²) in [6.45, 7) is 1.44. The second-order valence-electron chi connectivity index (χ2n) is 7.32. The van der Waals surface area contributed by atoms with Crippen LogP contribution in [-0.2, 0) is 11.3 Å². The van der Waals surface area contributed by atoms with E-state index in [2.05, 4.69) is 10.3 Å². The highest BCUT2D eigenvalue weighted by Crippen LogP contribution is 2.25. The summed E-state index contributed by atoms with van der Waals surface area (Å²) >= 11 is 0. The minimum absolute atomic E-state index is 0.00236. The van der Waals surface area contributed by atoms with Gasteiger partial charge in [0.15, 0.2) is 5.76 Å². The lowest BCUT2D eigenvalue weighted by molar-refractivity contribution is -0.126. The Morgan fingerprint density at radius 1 is 1.10 bits per heavy atom. The van der Waals surface area contributed by atoms with Crippen LogP contribution in [0.15, 0.2) is 65.3 Å². The fraction of sp³-hybridized carbons (Fsp3) is 0.261. The second-order valence-corrected chi connectivity index (χ2v) is 7.32. The van der Waals surface area contributed by atoms with E-state index in [0.29, 0.717) is 43.8 Å². The zero-order chi connectivity index (χ0) is 20.9. The molecule has 7 heteroatoms. The molecule has 0 atom stereocenters. The summed E-state index contributed by atoms with van der Waals surface area (Å²) in [5, 5.41) is 2.94.